The maximum atomic E-state index is 6.03. The number of aromatic nitrogens is 1. The first kappa shape index (κ1) is 16.7. The fourth-order valence-corrected chi connectivity index (χ4v) is 2.71. The minimum absolute atomic E-state index is 0.337. The molecule has 3 heterocycles. The molecule has 2 saturated heterocycles. The van der Waals surface area contributed by atoms with E-state index in [1.807, 2.05) is 39.8 Å². The molecule has 0 amide bonds. The van der Waals surface area contributed by atoms with E-state index in [0.717, 1.165) is 31.5 Å². The molecule has 0 bridgehead atoms. The van der Waals surface area contributed by atoms with Crippen molar-refractivity contribution >= 4 is 12.6 Å². The van der Waals surface area contributed by atoms with Gasteiger partial charge in [0.1, 0.15) is 0 Å². The van der Waals surface area contributed by atoms with E-state index in [0.29, 0.717) is 18.4 Å². The average molecular weight is 319 g/mol. The molecule has 1 aromatic rings. The van der Waals surface area contributed by atoms with Gasteiger partial charge >= 0.3 is 7.12 Å². The molecule has 2 aliphatic rings. The van der Waals surface area contributed by atoms with E-state index in [4.69, 9.17) is 18.8 Å². The number of rotatable bonds is 4. The van der Waals surface area contributed by atoms with Crippen LogP contribution in [0.2, 0.25) is 0 Å². The fraction of sp³-hybridized carbons (Fsp3) is 0.706. The Morgan fingerprint density at radius 3 is 2.35 bits per heavy atom. The maximum Gasteiger partial charge on any atom is 0.496 e. The quantitative estimate of drug-likeness (QED) is 0.796. The predicted molar refractivity (Wildman–Crippen MR) is 89.0 cm³/mol. The van der Waals surface area contributed by atoms with E-state index >= 15 is 0 Å². The van der Waals surface area contributed by atoms with Crippen molar-refractivity contribution in [1.29, 1.82) is 0 Å². The summed E-state index contributed by atoms with van der Waals surface area (Å²) in [6.07, 6.45) is 3.90. The van der Waals surface area contributed by atoms with Crippen molar-refractivity contribution < 1.29 is 18.8 Å². The van der Waals surface area contributed by atoms with E-state index in [-0.39, 0.29) is 18.3 Å². The first-order valence-electron chi connectivity index (χ1n) is 8.39. The summed E-state index contributed by atoms with van der Waals surface area (Å²) in [5, 5.41) is 0. The molecule has 2 fully saturated rings. The molecule has 1 aromatic heterocycles. The first-order valence-corrected chi connectivity index (χ1v) is 8.39. The van der Waals surface area contributed by atoms with E-state index in [2.05, 4.69) is 4.98 Å². The summed E-state index contributed by atoms with van der Waals surface area (Å²) in [4.78, 5) is 4.39. The van der Waals surface area contributed by atoms with Crippen molar-refractivity contribution in [2.75, 3.05) is 19.8 Å². The minimum atomic E-state index is -0.378. The van der Waals surface area contributed by atoms with Gasteiger partial charge in [-0.2, -0.15) is 0 Å². The van der Waals surface area contributed by atoms with Gasteiger partial charge in [-0.05, 0) is 52.5 Å². The van der Waals surface area contributed by atoms with Gasteiger partial charge in [0.05, 0.1) is 17.8 Å². The molecular formula is C17H26BNO4. The van der Waals surface area contributed by atoms with Gasteiger partial charge in [-0.15, -0.1) is 0 Å². The normalized spacial score (nSPS) is 23.9. The zero-order chi connectivity index (χ0) is 16.5. The Morgan fingerprint density at radius 2 is 1.78 bits per heavy atom. The number of pyridine rings is 1. The molecule has 0 aliphatic carbocycles. The van der Waals surface area contributed by atoms with E-state index in [1.54, 1.807) is 6.20 Å². The highest BCUT2D eigenvalue weighted by Gasteiger charge is 2.51. The number of nitrogens with zero attached hydrogens (tertiary/aromatic N) is 1. The van der Waals surface area contributed by atoms with Crippen LogP contribution in [0.5, 0.6) is 5.88 Å². The standard InChI is InChI=1S/C17H26BNO4/c1-16(2)17(3,4)23-18(22-16)14-5-6-15(19-11-14)21-12-13-7-9-20-10-8-13/h5-6,11,13H,7-10,12H2,1-4H3. The van der Waals surface area contributed by atoms with Crippen molar-refractivity contribution in [3.05, 3.63) is 18.3 Å². The average Bonchev–Trinajstić information content (AvgIpc) is 2.75. The van der Waals surface area contributed by atoms with Crippen LogP contribution in [0.15, 0.2) is 18.3 Å². The second-order valence-electron chi connectivity index (χ2n) is 7.38. The lowest BCUT2D eigenvalue weighted by Crippen LogP contribution is -2.41. The molecule has 23 heavy (non-hydrogen) atoms. The monoisotopic (exact) mass is 319 g/mol. The van der Waals surface area contributed by atoms with Crippen molar-refractivity contribution in [2.45, 2.75) is 51.7 Å². The third kappa shape index (κ3) is 3.70. The van der Waals surface area contributed by atoms with Gasteiger partial charge in [-0.25, -0.2) is 4.98 Å². The van der Waals surface area contributed by atoms with Crippen LogP contribution < -0.4 is 10.2 Å². The molecule has 6 heteroatoms. The molecule has 5 nitrogen and oxygen atoms in total. The van der Waals surface area contributed by atoms with Crippen LogP contribution in [0, 0.1) is 5.92 Å². The second-order valence-corrected chi connectivity index (χ2v) is 7.38. The molecule has 2 aliphatic heterocycles. The lowest BCUT2D eigenvalue weighted by Gasteiger charge is -2.32. The molecule has 126 valence electrons. The zero-order valence-electron chi connectivity index (χ0n) is 14.5. The summed E-state index contributed by atoms with van der Waals surface area (Å²) in [6.45, 7) is 10.6. The Morgan fingerprint density at radius 1 is 1.13 bits per heavy atom. The third-order valence-electron chi connectivity index (χ3n) is 5.09. The summed E-state index contributed by atoms with van der Waals surface area (Å²) in [7, 11) is -0.378. The maximum absolute atomic E-state index is 6.03. The summed E-state index contributed by atoms with van der Waals surface area (Å²) in [5.74, 6) is 1.21. The summed E-state index contributed by atoms with van der Waals surface area (Å²) in [5.41, 5.74) is 0.244. The lowest BCUT2D eigenvalue weighted by atomic mass is 9.80. The Balaban J connectivity index is 1.57. The van der Waals surface area contributed by atoms with Gasteiger partial charge in [0, 0.05) is 24.9 Å². The van der Waals surface area contributed by atoms with Gasteiger partial charge in [0.25, 0.3) is 0 Å². The largest absolute Gasteiger partial charge is 0.496 e. The first-order chi connectivity index (χ1) is 10.9. The highest BCUT2D eigenvalue weighted by atomic mass is 16.7. The van der Waals surface area contributed by atoms with Crippen LogP contribution in [0.4, 0.5) is 0 Å². The smallest absolute Gasteiger partial charge is 0.477 e. The number of ether oxygens (including phenoxy) is 2. The molecular weight excluding hydrogens is 293 g/mol. The van der Waals surface area contributed by atoms with Crippen molar-refractivity contribution in [1.82, 2.24) is 4.98 Å². The molecule has 0 aromatic carbocycles. The highest BCUT2D eigenvalue weighted by molar-refractivity contribution is 6.62. The topological polar surface area (TPSA) is 49.8 Å². The fourth-order valence-electron chi connectivity index (χ4n) is 2.71. The summed E-state index contributed by atoms with van der Waals surface area (Å²) in [6, 6.07) is 3.86. The summed E-state index contributed by atoms with van der Waals surface area (Å²) < 4.78 is 23.2. The Hall–Kier alpha value is -1.11. The minimum Gasteiger partial charge on any atom is -0.477 e. The Kier molecular flexibility index (Phi) is 4.67. The van der Waals surface area contributed by atoms with Gasteiger partial charge < -0.3 is 18.8 Å². The van der Waals surface area contributed by atoms with Crippen molar-refractivity contribution in [3.8, 4) is 5.88 Å². The lowest BCUT2D eigenvalue weighted by molar-refractivity contribution is 0.00578. The van der Waals surface area contributed by atoms with Crippen molar-refractivity contribution in [2.24, 2.45) is 5.92 Å². The molecule has 0 spiro atoms. The van der Waals surface area contributed by atoms with E-state index < -0.39 is 0 Å². The van der Waals surface area contributed by atoms with Gasteiger partial charge in [0.2, 0.25) is 5.88 Å². The van der Waals surface area contributed by atoms with E-state index in [1.165, 1.54) is 0 Å². The predicted octanol–water partition coefficient (Wildman–Crippen LogP) is 2.19. The highest BCUT2D eigenvalue weighted by Crippen LogP contribution is 2.36. The van der Waals surface area contributed by atoms with Crippen LogP contribution in [0.25, 0.3) is 0 Å². The molecule has 0 atom stereocenters. The molecule has 0 radical (unpaired) electrons. The van der Waals surface area contributed by atoms with Gasteiger partial charge in [-0.1, -0.05) is 6.07 Å². The van der Waals surface area contributed by atoms with Crippen LogP contribution in [-0.2, 0) is 14.0 Å². The zero-order valence-corrected chi connectivity index (χ0v) is 14.5. The molecule has 0 unspecified atom stereocenters. The van der Waals surface area contributed by atoms with Crippen LogP contribution in [-0.4, -0.2) is 43.1 Å². The molecule has 3 rings (SSSR count). The molecule has 0 N–H and O–H groups in total. The number of hydrogen-bond acceptors (Lipinski definition) is 5. The molecule has 0 saturated carbocycles. The van der Waals surface area contributed by atoms with E-state index in [9.17, 15) is 0 Å². The van der Waals surface area contributed by atoms with Gasteiger partial charge in [-0.3, -0.25) is 0 Å². The summed E-state index contributed by atoms with van der Waals surface area (Å²) >= 11 is 0. The third-order valence-corrected chi connectivity index (χ3v) is 5.09. The Labute approximate surface area is 138 Å². The van der Waals surface area contributed by atoms with Crippen molar-refractivity contribution in [3.63, 3.8) is 0 Å². The SMILES string of the molecule is CC1(C)OB(c2ccc(OCC3CCOCC3)nc2)OC1(C)C. The van der Waals surface area contributed by atoms with Crippen LogP contribution >= 0.6 is 0 Å². The second kappa shape index (κ2) is 6.42. The van der Waals surface area contributed by atoms with Gasteiger partial charge in [0.15, 0.2) is 0 Å². The number of hydrogen-bond donors (Lipinski definition) is 0. The van der Waals surface area contributed by atoms with Crippen LogP contribution in [0.1, 0.15) is 40.5 Å². The Bertz CT molecular complexity index is 510. The van der Waals surface area contributed by atoms with Crippen LogP contribution in [0.3, 0.4) is 0 Å².